The number of nitrogens with zero attached hydrogens (tertiary/aromatic N) is 2. The van der Waals surface area contributed by atoms with E-state index in [4.69, 9.17) is 4.42 Å². The molecule has 0 aliphatic carbocycles. The number of hydrogen-bond acceptors (Lipinski definition) is 5. The maximum absolute atomic E-state index is 12.2. The van der Waals surface area contributed by atoms with Gasteiger partial charge in [-0.15, -0.1) is 0 Å². The van der Waals surface area contributed by atoms with Crippen molar-refractivity contribution in [2.24, 2.45) is 0 Å². The van der Waals surface area contributed by atoms with E-state index in [0.717, 1.165) is 22.3 Å². The van der Waals surface area contributed by atoms with Crippen LogP contribution in [0.2, 0.25) is 0 Å². The van der Waals surface area contributed by atoms with Crippen molar-refractivity contribution in [3.8, 4) is 11.6 Å². The molecule has 0 aliphatic heterocycles. The first-order valence-electron chi connectivity index (χ1n) is 8.23. The lowest BCUT2D eigenvalue weighted by molar-refractivity contribution is -0.120. The van der Waals surface area contributed by atoms with Crippen LogP contribution in [0.1, 0.15) is 27.2 Å². The molecular weight excluding hydrogens is 334 g/mol. The molecule has 3 aromatic rings. The van der Waals surface area contributed by atoms with Gasteiger partial charge in [0.15, 0.2) is 11.6 Å². The number of furan rings is 1. The van der Waals surface area contributed by atoms with Crippen LogP contribution >= 0.6 is 11.8 Å². The lowest BCUT2D eigenvalue weighted by Gasteiger charge is -2.24. The van der Waals surface area contributed by atoms with Crippen LogP contribution in [-0.2, 0) is 4.79 Å². The second kappa shape index (κ2) is 7.27. The van der Waals surface area contributed by atoms with Gasteiger partial charge in [-0.2, -0.15) is 0 Å². The molecule has 1 aromatic carbocycles. The predicted octanol–water partition coefficient (Wildman–Crippen LogP) is 4.29. The van der Waals surface area contributed by atoms with E-state index in [0.29, 0.717) is 17.3 Å². The summed E-state index contributed by atoms with van der Waals surface area (Å²) in [5, 5.41) is 4.76. The fraction of sp³-hybridized carbons (Fsp3) is 0.316. The topological polar surface area (TPSA) is 68.0 Å². The Bertz CT molecular complexity index is 876. The summed E-state index contributed by atoms with van der Waals surface area (Å²) in [5.41, 5.74) is 0.630. The third kappa shape index (κ3) is 4.20. The van der Waals surface area contributed by atoms with Gasteiger partial charge in [0.2, 0.25) is 5.91 Å². The number of benzene rings is 1. The average molecular weight is 355 g/mol. The molecule has 2 aromatic heterocycles. The molecule has 0 aliphatic rings. The summed E-state index contributed by atoms with van der Waals surface area (Å²) in [6.45, 7) is 6.09. The summed E-state index contributed by atoms with van der Waals surface area (Å²) in [4.78, 5) is 21.4. The Hall–Kier alpha value is -2.34. The van der Waals surface area contributed by atoms with Gasteiger partial charge in [-0.1, -0.05) is 36.9 Å². The van der Waals surface area contributed by atoms with Gasteiger partial charge in [0, 0.05) is 10.9 Å². The van der Waals surface area contributed by atoms with Gasteiger partial charge in [0.25, 0.3) is 0 Å². The van der Waals surface area contributed by atoms with Crippen LogP contribution in [0.15, 0.2) is 52.1 Å². The number of carbonyl (C=O) groups is 1. The molecule has 0 atom stereocenters. The van der Waals surface area contributed by atoms with Gasteiger partial charge in [-0.25, -0.2) is 9.97 Å². The number of aromatic nitrogens is 2. The van der Waals surface area contributed by atoms with Gasteiger partial charge < -0.3 is 9.73 Å². The Morgan fingerprint density at radius 1 is 1.20 bits per heavy atom. The standard InChI is InChI=1S/C19H21N3O2S/c1-4-19(2,3)22-16(23)12-25-18-13-8-5-6-9-14(13)20-17(21-18)15-10-7-11-24-15/h5-11H,4,12H2,1-3H3,(H,22,23). The molecule has 0 bridgehead atoms. The number of rotatable bonds is 6. The van der Waals surface area contributed by atoms with Crippen molar-refractivity contribution in [2.45, 2.75) is 37.8 Å². The zero-order valence-electron chi connectivity index (χ0n) is 14.6. The molecular formula is C19H21N3O2S. The predicted molar refractivity (Wildman–Crippen MR) is 100 cm³/mol. The van der Waals surface area contributed by atoms with Crippen LogP contribution in [0.3, 0.4) is 0 Å². The summed E-state index contributed by atoms with van der Waals surface area (Å²) >= 11 is 1.42. The summed E-state index contributed by atoms with van der Waals surface area (Å²) in [5.74, 6) is 1.45. The van der Waals surface area contributed by atoms with E-state index in [2.05, 4.69) is 22.2 Å². The fourth-order valence-corrected chi connectivity index (χ4v) is 3.13. The Balaban J connectivity index is 1.86. The van der Waals surface area contributed by atoms with Crippen molar-refractivity contribution in [3.05, 3.63) is 42.7 Å². The minimum absolute atomic E-state index is 0.000841. The van der Waals surface area contributed by atoms with Crippen molar-refractivity contribution in [1.29, 1.82) is 0 Å². The number of amides is 1. The smallest absolute Gasteiger partial charge is 0.230 e. The van der Waals surface area contributed by atoms with Gasteiger partial charge in [-0.05, 0) is 38.5 Å². The van der Waals surface area contributed by atoms with E-state index in [1.165, 1.54) is 11.8 Å². The van der Waals surface area contributed by atoms with E-state index in [1.54, 1.807) is 12.3 Å². The molecule has 1 N–H and O–H groups in total. The number of hydrogen-bond donors (Lipinski definition) is 1. The van der Waals surface area contributed by atoms with Crippen LogP contribution < -0.4 is 5.32 Å². The van der Waals surface area contributed by atoms with Crippen LogP contribution in [0.4, 0.5) is 0 Å². The molecule has 130 valence electrons. The van der Waals surface area contributed by atoms with Gasteiger partial charge in [-0.3, -0.25) is 4.79 Å². The SMILES string of the molecule is CCC(C)(C)NC(=O)CSc1nc(-c2ccco2)nc2ccccc12. The first-order chi connectivity index (χ1) is 12.0. The molecule has 3 rings (SSSR count). The fourth-order valence-electron chi connectivity index (χ4n) is 2.31. The Morgan fingerprint density at radius 3 is 2.72 bits per heavy atom. The lowest BCUT2D eigenvalue weighted by Crippen LogP contribution is -2.43. The zero-order valence-corrected chi connectivity index (χ0v) is 15.4. The number of thioether (sulfide) groups is 1. The third-order valence-corrected chi connectivity index (χ3v) is 5.00. The third-order valence-electron chi connectivity index (χ3n) is 4.01. The average Bonchev–Trinajstić information content (AvgIpc) is 3.13. The number of fused-ring (bicyclic) bond motifs is 1. The van der Waals surface area contributed by atoms with Crippen LogP contribution in [0.5, 0.6) is 0 Å². The number of nitrogens with one attached hydrogen (secondary N) is 1. The van der Waals surface area contributed by atoms with E-state index in [-0.39, 0.29) is 11.4 Å². The molecule has 0 fully saturated rings. The minimum Gasteiger partial charge on any atom is -0.461 e. The molecule has 0 radical (unpaired) electrons. The maximum atomic E-state index is 12.2. The van der Waals surface area contributed by atoms with Crippen molar-refractivity contribution >= 4 is 28.6 Å². The van der Waals surface area contributed by atoms with Crippen molar-refractivity contribution in [3.63, 3.8) is 0 Å². The largest absolute Gasteiger partial charge is 0.461 e. The monoisotopic (exact) mass is 355 g/mol. The van der Waals surface area contributed by atoms with E-state index in [9.17, 15) is 4.79 Å². The second-order valence-corrected chi connectivity index (χ2v) is 7.39. The molecule has 25 heavy (non-hydrogen) atoms. The molecule has 0 spiro atoms. The van der Waals surface area contributed by atoms with Crippen molar-refractivity contribution in [2.75, 3.05) is 5.75 Å². The Morgan fingerprint density at radius 2 is 2.00 bits per heavy atom. The second-order valence-electron chi connectivity index (χ2n) is 6.42. The number of carbonyl (C=O) groups excluding carboxylic acids is 1. The van der Waals surface area contributed by atoms with Crippen LogP contribution in [0, 0.1) is 0 Å². The van der Waals surface area contributed by atoms with Crippen LogP contribution in [0.25, 0.3) is 22.5 Å². The highest BCUT2D eigenvalue weighted by molar-refractivity contribution is 8.00. The zero-order chi connectivity index (χ0) is 17.9. The lowest BCUT2D eigenvalue weighted by atomic mass is 10.0. The first-order valence-corrected chi connectivity index (χ1v) is 9.21. The summed E-state index contributed by atoms with van der Waals surface area (Å²) in [6, 6.07) is 11.4. The summed E-state index contributed by atoms with van der Waals surface area (Å²) in [7, 11) is 0. The highest BCUT2D eigenvalue weighted by Crippen LogP contribution is 2.28. The molecule has 0 saturated carbocycles. The van der Waals surface area contributed by atoms with E-state index < -0.39 is 0 Å². The normalized spacial score (nSPS) is 11.6. The summed E-state index contributed by atoms with van der Waals surface area (Å²) < 4.78 is 5.42. The molecule has 0 unspecified atom stereocenters. The number of para-hydroxylation sites is 1. The molecule has 6 heteroatoms. The van der Waals surface area contributed by atoms with Crippen molar-refractivity contribution in [1.82, 2.24) is 15.3 Å². The minimum atomic E-state index is -0.204. The highest BCUT2D eigenvalue weighted by atomic mass is 32.2. The van der Waals surface area contributed by atoms with E-state index >= 15 is 0 Å². The Labute approximate surface area is 151 Å². The van der Waals surface area contributed by atoms with Crippen LogP contribution in [-0.4, -0.2) is 27.2 Å². The van der Waals surface area contributed by atoms with Gasteiger partial charge >= 0.3 is 0 Å². The molecule has 2 heterocycles. The summed E-state index contributed by atoms with van der Waals surface area (Å²) in [6.07, 6.45) is 2.48. The van der Waals surface area contributed by atoms with Gasteiger partial charge in [0.05, 0.1) is 17.5 Å². The first kappa shape index (κ1) is 17.5. The quantitative estimate of drug-likeness (QED) is 0.528. The van der Waals surface area contributed by atoms with Crippen molar-refractivity contribution < 1.29 is 9.21 Å². The molecule has 1 amide bonds. The molecule has 0 saturated heterocycles. The van der Waals surface area contributed by atoms with E-state index in [1.807, 2.05) is 44.2 Å². The van der Waals surface area contributed by atoms with Gasteiger partial charge in [0.1, 0.15) is 5.03 Å². The highest BCUT2D eigenvalue weighted by Gasteiger charge is 2.19. The molecule has 5 nitrogen and oxygen atoms in total. The maximum Gasteiger partial charge on any atom is 0.230 e. The Kier molecular flexibility index (Phi) is 5.08.